The second kappa shape index (κ2) is 6.02. The number of nitrogens with one attached hydrogen (secondary N) is 1. The molecule has 0 aliphatic carbocycles. The fourth-order valence-corrected chi connectivity index (χ4v) is 2.09. The molecule has 1 fully saturated rings. The molecule has 0 aromatic heterocycles. The molecule has 0 bridgehead atoms. The zero-order valence-corrected chi connectivity index (χ0v) is 11.1. The quantitative estimate of drug-likeness (QED) is 0.630. The molecular formula is C12H18ClFN4. The van der Waals surface area contributed by atoms with Crippen LogP contribution in [0, 0.1) is 11.2 Å². The highest BCUT2D eigenvalue weighted by molar-refractivity contribution is 6.00. The Morgan fingerprint density at radius 1 is 1.28 bits per heavy atom. The number of nitrogen functional groups attached to an aromatic ring is 1. The van der Waals surface area contributed by atoms with Crippen molar-refractivity contribution in [3.05, 3.63) is 29.6 Å². The maximum Gasteiger partial charge on any atom is 0.136 e. The molecule has 0 amide bonds. The van der Waals surface area contributed by atoms with E-state index in [1.165, 1.54) is 6.07 Å². The lowest BCUT2D eigenvalue weighted by Crippen LogP contribution is -2.45. The molecule has 0 radical (unpaired) electrons. The lowest BCUT2D eigenvalue weighted by molar-refractivity contribution is 0.312. The Morgan fingerprint density at radius 2 is 1.89 bits per heavy atom. The van der Waals surface area contributed by atoms with Gasteiger partial charge in [-0.1, -0.05) is 6.07 Å². The summed E-state index contributed by atoms with van der Waals surface area (Å²) in [5.74, 6) is -0.633. The predicted octanol–water partition coefficient (Wildman–Crippen LogP) is 1.28. The van der Waals surface area contributed by atoms with Gasteiger partial charge < -0.3 is 15.5 Å². The second-order valence-electron chi connectivity index (χ2n) is 4.34. The molecular weight excluding hydrogens is 255 g/mol. The Kier molecular flexibility index (Phi) is 4.93. The van der Waals surface area contributed by atoms with Gasteiger partial charge >= 0.3 is 0 Å². The van der Waals surface area contributed by atoms with E-state index in [0.717, 1.165) is 31.9 Å². The number of hydrogen-bond donors (Lipinski definition) is 2. The molecule has 1 aliphatic heterocycles. The first-order valence-electron chi connectivity index (χ1n) is 5.66. The minimum absolute atomic E-state index is 0. The number of piperazine rings is 1. The van der Waals surface area contributed by atoms with Crippen molar-refractivity contribution >= 4 is 23.9 Å². The van der Waals surface area contributed by atoms with Gasteiger partial charge in [-0.25, -0.2) is 4.39 Å². The van der Waals surface area contributed by atoms with Crippen LogP contribution in [0.1, 0.15) is 5.56 Å². The normalized spacial score (nSPS) is 16.2. The van der Waals surface area contributed by atoms with Crippen LogP contribution in [0.3, 0.4) is 0 Å². The van der Waals surface area contributed by atoms with Gasteiger partial charge in [-0.2, -0.15) is 0 Å². The summed E-state index contributed by atoms with van der Waals surface area (Å²) in [4.78, 5) is 4.31. The Balaban J connectivity index is 0.00000162. The monoisotopic (exact) mass is 272 g/mol. The van der Waals surface area contributed by atoms with Gasteiger partial charge in [0.15, 0.2) is 0 Å². The van der Waals surface area contributed by atoms with Crippen LogP contribution in [0.2, 0.25) is 0 Å². The van der Waals surface area contributed by atoms with Crippen LogP contribution in [0.15, 0.2) is 18.2 Å². The molecule has 1 heterocycles. The van der Waals surface area contributed by atoms with Gasteiger partial charge in [0.25, 0.3) is 0 Å². The van der Waals surface area contributed by atoms with Crippen molar-refractivity contribution in [3.8, 4) is 0 Å². The number of halogens is 2. The van der Waals surface area contributed by atoms with E-state index in [4.69, 9.17) is 11.1 Å². The molecule has 0 atom stereocenters. The number of nitrogens with zero attached hydrogens (tertiary/aromatic N) is 2. The summed E-state index contributed by atoms with van der Waals surface area (Å²) in [6.45, 7) is 3.54. The topological polar surface area (TPSA) is 56.4 Å². The van der Waals surface area contributed by atoms with Gasteiger partial charge in [0, 0.05) is 26.2 Å². The van der Waals surface area contributed by atoms with Gasteiger partial charge in [0.2, 0.25) is 0 Å². The van der Waals surface area contributed by atoms with Gasteiger partial charge in [-0.15, -0.1) is 12.4 Å². The van der Waals surface area contributed by atoms with E-state index in [-0.39, 0.29) is 23.8 Å². The highest BCUT2D eigenvalue weighted by atomic mass is 35.5. The van der Waals surface area contributed by atoms with Gasteiger partial charge in [-0.3, -0.25) is 5.41 Å². The number of amidine groups is 1. The van der Waals surface area contributed by atoms with Crippen molar-refractivity contribution in [1.29, 1.82) is 5.41 Å². The van der Waals surface area contributed by atoms with E-state index >= 15 is 0 Å². The highest BCUT2D eigenvalue weighted by Crippen LogP contribution is 2.23. The molecule has 1 aliphatic rings. The molecule has 2 rings (SSSR count). The average molecular weight is 273 g/mol. The fourth-order valence-electron chi connectivity index (χ4n) is 2.09. The molecule has 1 aromatic carbocycles. The van der Waals surface area contributed by atoms with Crippen molar-refractivity contribution in [2.45, 2.75) is 0 Å². The third-order valence-electron chi connectivity index (χ3n) is 3.10. The van der Waals surface area contributed by atoms with Crippen molar-refractivity contribution in [3.63, 3.8) is 0 Å². The summed E-state index contributed by atoms with van der Waals surface area (Å²) in [7, 11) is 2.06. The standard InChI is InChI=1S/C12H17FN4.ClH/c1-16-5-7-17(8-6-16)10-4-2-3-9(13)11(10)12(14)15;/h2-4H,5-8H2,1H3,(H3,14,15);1H. The summed E-state index contributed by atoms with van der Waals surface area (Å²) in [6.07, 6.45) is 0. The lowest BCUT2D eigenvalue weighted by Gasteiger charge is -2.35. The average Bonchev–Trinajstić information content (AvgIpc) is 2.29. The molecule has 4 nitrogen and oxygen atoms in total. The molecule has 0 unspecified atom stereocenters. The SMILES string of the molecule is CN1CCN(c2cccc(F)c2C(=N)N)CC1.Cl. The van der Waals surface area contributed by atoms with E-state index in [0.29, 0.717) is 0 Å². The summed E-state index contributed by atoms with van der Waals surface area (Å²) >= 11 is 0. The Hall–Kier alpha value is -1.33. The van der Waals surface area contributed by atoms with Crippen LogP contribution >= 0.6 is 12.4 Å². The van der Waals surface area contributed by atoms with Crippen molar-refractivity contribution in [1.82, 2.24) is 4.90 Å². The third-order valence-corrected chi connectivity index (χ3v) is 3.10. The first-order valence-corrected chi connectivity index (χ1v) is 5.66. The van der Waals surface area contributed by atoms with Crippen LogP contribution < -0.4 is 10.6 Å². The van der Waals surface area contributed by atoms with Crippen molar-refractivity contribution < 1.29 is 4.39 Å². The summed E-state index contributed by atoms with van der Waals surface area (Å²) in [5.41, 5.74) is 6.40. The molecule has 0 spiro atoms. The lowest BCUT2D eigenvalue weighted by atomic mass is 10.1. The molecule has 0 saturated carbocycles. The maximum absolute atomic E-state index is 13.7. The van der Waals surface area contributed by atoms with E-state index < -0.39 is 5.82 Å². The highest BCUT2D eigenvalue weighted by Gasteiger charge is 2.20. The first-order chi connectivity index (χ1) is 8.09. The largest absolute Gasteiger partial charge is 0.384 e. The van der Waals surface area contributed by atoms with Crippen molar-refractivity contribution in [2.24, 2.45) is 5.73 Å². The minimum Gasteiger partial charge on any atom is -0.384 e. The van der Waals surface area contributed by atoms with Crippen molar-refractivity contribution in [2.75, 3.05) is 38.1 Å². The van der Waals surface area contributed by atoms with E-state index in [2.05, 4.69) is 16.8 Å². The molecule has 100 valence electrons. The molecule has 3 N–H and O–H groups in total. The molecule has 1 aromatic rings. The number of nitrogens with two attached hydrogens (primary N) is 1. The van der Waals surface area contributed by atoms with Crippen LogP contribution in [-0.2, 0) is 0 Å². The number of benzene rings is 1. The summed E-state index contributed by atoms with van der Waals surface area (Å²) < 4.78 is 13.7. The number of anilines is 1. The van der Waals surface area contributed by atoms with Gasteiger partial charge in [0.1, 0.15) is 11.7 Å². The number of rotatable bonds is 2. The summed E-state index contributed by atoms with van der Waals surface area (Å²) in [5, 5.41) is 7.48. The first kappa shape index (κ1) is 14.7. The molecule has 6 heteroatoms. The minimum atomic E-state index is -0.422. The number of hydrogen-bond acceptors (Lipinski definition) is 3. The Bertz CT molecular complexity index is 430. The Morgan fingerprint density at radius 3 is 2.44 bits per heavy atom. The van der Waals surface area contributed by atoms with Gasteiger partial charge in [0.05, 0.1) is 11.3 Å². The Labute approximate surface area is 112 Å². The zero-order valence-electron chi connectivity index (χ0n) is 10.3. The van der Waals surface area contributed by atoms with Crippen LogP contribution in [0.25, 0.3) is 0 Å². The van der Waals surface area contributed by atoms with Gasteiger partial charge in [-0.05, 0) is 19.2 Å². The van der Waals surface area contributed by atoms with E-state index in [9.17, 15) is 4.39 Å². The predicted molar refractivity (Wildman–Crippen MR) is 74.4 cm³/mol. The zero-order chi connectivity index (χ0) is 12.4. The molecule has 1 saturated heterocycles. The van der Waals surface area contributed by atoms with Crippen LogP contribution in [0.4, 0.5) is 10.1 Å². The van der Waals surface area contributed by atoms with Crippen LogP contribution in [0.5, 0.6) is 0 Å². The smallest absolute Gasteiger partial charge is 0.136 e. The summed E-state index contributed by atoms with van der Waals surface area (Å²) in [6, 6.07) is 4.83. The molecule has 18 heavy (non-hydrogen) atoms. The maximum atomic E-state index is 13.7. The third kappa shape index (κ3) is 2.91. The fraction of sp³-hybridized carbons (Fsp3) is 0.417. The number of likely N-dealkylation sites (N-methyl/N-ethyl adjacent to an activating group) is 1. The van der Waals surface area contributed by atoms with Crippen LogP contribution in [-0.4, -0.2) is 44.0 Å². The van der Waals surface area contributed by atoms with E-state index in [1.807, 2.05) is 6.07 Å². The van der Waals surface area contributed by atoms with E-state index in [1.54, 1.807) is 6.07 Å². The second-order valence-corrected chi connectivity index (χ2v) is 4.34.